The number of hydrogen-bond donors (Lipinski definition) is 2. The van der Waals surface area contributed by atoms with Gasteiger partial charge in [-0.15, -0.1) is 0 Å². The Morgan fingerprint density at radius 3 is 3.06 bits per heavy atom. The number of likely N-dealkylation sites (N-methyl/N-ethyl adjacent to an activating group) is 1. The van der Waals surface area contributed by atoms with E-state index in [4.69, 9.17) is 10.5 Å². The van der Waals surface area contributed by atoms with E-state index in [2.05, 4.69) is 23.2 Å². The van der Waals surface area contributed by atoms with Crippen molar-refractivity contribution in [3.8, 4) is 0 Å². The number of hydrogen-bond acceptors (Lipinski definition) is 4. The lowest BCUT2D eigenvalue weighted by molar-refractivity contribution is -0.0191. The van der Waals surface area contributed by atoms with Crippen LogP contribution in [0, 0.1) is 6.92 Å². The van der Waals surface area contributed by atoms with Gasteiger partial charge in [-0.1, -0.05) is 13.0 Å². The topological polar surface area (TPSA) is 50.5 Å². The summed E-state index contributed by atoms with van der Waals surface area (Å²) in [5, 5.41) is 3.38. The highest BCUT2D eigenvalue weighted by atomic mass is 16.5. The molecule has 1 aromatic carbocycles. The zero-order chi connectivity index (χ0) is 13.0. The summed E-state index contributed by atoms with van der Waals surface area (Å²) in [7, 11) is 0. The van der Waals surface area contributed by atoms with Crippen LogP contribution < -0.4 is 11.1 Å². The first-order chi connectivity index (χ1) is 8.69. The number of nitrogens with two attached hydrogens (primary N) is 1. The van der Waals surface area contributed by atoms with Crippen LogP contribution in [0.25, 0.3) is 0 Å². The summed E-state index contributed by atoms with van der Waals surface area (Å²) in [5.41, 5.74) is 8.96. The molecule has 4 heteroatoms. The van der Waals surface area contributed by atoms with E-state index in [9.17, 15) is 0 Å². The summed E-state index contributed by atoms with van der Waals surface area (Å²) in [6.07, 6.45) is 0.249. The number of anilines is 2. The molecule has 1 saturated heterocycles. The highest BCUT2D eigenvalue weighted by molar-refractivity contribution is 5.66. The molecule has 1 heterocycles. The molecule has 1 fully saturated rings. The Balaban J connectivity index is 1.87. The van der Waals surface area contributed by atoms with Gasteiger partial charge < -0.3 is 15.8 Å². The Bertz CT molecular complexity index is 395. The quantitative estimate of drug-likeness (QED) is 0.798. The lowest BCUT2D eigenvalue weighted by Crippen LogP contribution is -2.45. The molecule has 0 saturated carbocycles. The van der Waals surface area contributed by atoms with Crippen LogP contribution in [0.15, 0.2) is 18.2 Å². The van der Waals surface area contributed by atoms with Crippen molar-refractivity contribution in [1.82, 2.24) is 4.90 Å². The van der Waals surface area contributed by atoms with E-state index in [0.717, 1.165) is 44.2 Å². The monoisotopic (exact) mass is 249 g/mol. The normalized spacial score (nSPS) is 20.9. The van der Waals surface area contributed by atoms with Crippen LogP contribution in [-0.4, -0.2) is 43.8 Å². The molecule has 0 aliphatic carbocycles. The van der Waals surface area contributed by atoms with E-state index in [1.165, 1.54) is 5.56 Å². The molecule has 0 bridgehead atoms. The second-order valence-corrected chi connectivity index (χ2v) is 4.86. The average Bonchev–Trinajstić information content (AvgIpc) is 2.38. The molecule has 3 N–H and O–H groups in total. The number of ether oxygens (including phenoxy) is 1. The van der Waals surface area contributed by atoms with Gasteiger partial charge in [-0.25, -0.2) is 0 Å². The number of nitrogens with zero attached hydrogens (tertiary/aromatic N) is 1. The van der Waals surface area contributed by atoms with Crippen molar-refractivity contribution in [2.45, 2.75) is 20.0 Å². The van der Waals surface area contributed by atoms with E-state index >= 15 is 0 Å². The fourth-order valence-electron chi connectivity index (χ4n) is 2.26. The van der Waals surface area contributed by atoms with Gasteiger partial charge in [0.1, 0.15) is 0 Å². The largest absolute Gasteiger partial charge is 0.397 e. The molecular weight excluding hydrogens is 226 g/mol. The minimum atomic E-state index is 0.249. The van der Waals surface area contributed by atoms with Crippen LogP contribution in [-0.2, 0) is 4.74 Å². The third-order valence-corrected chi connectivity index (χ3v) is 3.40. The Morgan fingerprint density at radius 1 is 1.50 bits per heavy atom. The molecule has 1 atom stereocenters. The third-order valence-electron chi connectivity index (χ3n) is 3.40. The zero-order valence-corrected chi connectivity index (χ0v) is 11.3. The van der Waals surface area contributed by atoms with Gasteiger partial charge in [0, 0.05) is 19.6 Å². The summed E-state index contributed by atoms with van der Waals surface area (Å²) >= 11 is 0. The number of nitrogen functional groups attached to an aromatic ring is 1. The van der Waals surface area contributed by atoms with E-state index in [1.54, 1.807) is 0 Å². The summed E-state index contributed by atoms with van der Waals surface area (Å²) in [5.74, 6) is 0. The predicted octanol–water partition coefficient (Wildman–Crippen LogP) is 1.71. The molecular formula is C14H23N3O. The highest BCUT2D eigenvalue weighted by Crippen LogP contribution is 2.19. The molecule has 1 aliphatic heterocycles. The Kier molecular flexibility index (Phi) is 4.44. The molecule has 1 aliphatic rings. The van der Waals surface area contributed by atoms with Crippen LogP contribution in [0.4, 0.5) is 11.4 Å². The van der Waals surface area contributed by atoms with Crippen molar-refractivity contribution in [2.75, 3.05) is 43.8 Å². The molecule has 0 amide bonds. The van der Waals surface area contributed by atoms with Crippen molar-refractivity contribution < 1.29 is 4.74 Å². The van der Waals surface area contributed by atoms with Crippen molar-refractivity contribution in [1.29, 1.82) is 0 Å². The summed E-state index contributed by atoms with van der Waals surface area (Å²) in [6.45, 7) is 8.99. The van der Waals surface area contributed by atoms with Crippen LogP contribution in [0.3, 0.4) is 0 Å². The standard InChI is InChI=1S/C14H23N3O/c1-3-17-6-7-18-12(10-17)9-16-14-5-4-11(2)8-13(14)15/h4-5,8,12,16H,3,6-7,9-10,15H2,1-2H3. The second kappa shape index (κ2) is 6.07. The smallest absolute Gasteiger partial charge is 0.0874 e. The molecule has 18 heavy (non-hydrogen) atoms. The number of benzene rings is 1. The maximum Gasteiger partial charge on any atom is 0.0874 e. The molecule has 0 radical (unpaired) electrons. The van der Waals surface area contributed by atoms with Crippen molar-refractivity contribution >= 4 is 11.4 Å². The fourth-order valence-corrected chi connectivity index (χ4v) is 2.26. The fraction of sp³-hybridized carbons (Fsp3) is 0.571. The molecule has 1 aromatic rings. The molecule has 0 aromatic heterocycles. The van der Waals surface area contributed by atoms with Crippen molar-refractivity contribution in [3.05, 3.63) is 23.8 Å². The van der Waals surface area contributed by atoms with Crippen molar-refractivity contribution in [3.63, 3.8) is 0 Å². The maximum atomic E-state index is 5.98. The minimum Gasteiger partial charge on any atom is -0.397 e. The molecule has 1 unspecified atom stereocenters. The number of rotatable bonds is 4. The van der Waals surface area contributed by atoms with Gasteiger partial charge >= 0.3 is 0 Å². The van der Waals surface area contributed by atoms with Crippen LogP contribution >= 0.6 is 0 Å². The maximum absolute atomic E-state index is 5.98. The third kappa shape index (κ3) is 3.37. The van der Waals surface area contributed by atoms with E-state index in [0.29, 0.717) is 0 Å². The molecule has 2 rings (SSSR count). The zero-order valence-electron chi connectivity index (χ0n) is 11.3. The first-order valence-electron chi connectivity index (χ1n) is 6.63. The Labute approximate surface area is 109 Å². The van der Waals surface area contributed by atoms with Gasteiger partial charge in [-0.2, -0.15) is 0 Å². The van der Waals surface area contributed by atoms with Crippen LogP contribution in [0.5, 0.6) is 0 Å². The first kappa shape index (κ1) is 13.2. The van der Waals surface area contributed by atoms with Crippen molar-refractivity contribution in [2.24, 2.45) is 0 Å². The Hall–Kier alpha value is -1.26. The lowest BCUT2D eigenvalue weighted by Gasteiger charge is -2.32. The SMILES string of the molecule is CCN1CCOC(CNc2ccc(C)cc2N)C1. The predicted molar refractivity (Wildman–Crippen MR) is 75.9 cm³/mol. The highest BCUT2D eigenvalue weighted by Gasteiger charge is 2.18. The summed E-state index contributed by atoms with van der Waals surface area (Å²) < 4.78 is 5.75. The molecule has 0 spiro atoms. The summed E-state index contributed by atoms with van der Waals surface area (Å²) in [6, 6.07) is 6.09. The molecule has 4 nitrogen and oxygen atoms in total. The van der Waals surface area contributed by atoms with E-state index in [1.807, 2.05) is 19.1 Å². The van der Waals surface area contributed by atoms with Crippen LogP contribution in [0.2, 0.25) is 0 Å². The first-order valence-corrected chi connectivity index (χ1v) is 6.63. The average molecular weight is 249 g/mol. The van der Waals surface area contributed by atoms with Gasteiger partial charge in [-0.05, 0) is 31.2 Å². The Morgan fingerprint density at radius 2 is 2.33 bits per heavy atom. The van der Waals surface area contributed by atoms with E-state index in [-0.39, 0.29) is 6.10 Å². The lowest BCUT2D eigenvalue weighted by atomic mass is 10.2. The van der Waals surface area contributed by atoms with Gasteiger partial charge in [0.05, 0.1) is 24.1 Å². The summed E-state index contributed by atoms with van der Waals surface area (Å²) in [4.78, 5) is 2.41. The number of morpholine rings is 1. The van der Waals surface area contributed by atoms with Gasteiger partial charge in [0.2, 0.25) is 0 Å². The second-order valence-electron chi connectivity index (χ2n) is 4.86. The van der Waals surface area contributed by atoms with Gasteiger partial charge in [-0.3, -0.25) is 4.90 Å². The van der Waals surface area contributed by atoms with E-state index < -0.39 is 0 Å². The van der Waals surface area contributed by atoms with Crippen LogP contribution in [0.1, 0.15) is 12.5 Å². The van der Waals surface area contributed by atoms with Gasteiger partial charge in [0.15, 0.2) is 0 Å². The number of aryl methyl sites for hydroxylation is 1. The number of nitrogens with one attached hydrogen (secondary N) is 1. The van der Waals surface area contributed by atoms with Gasteiger partial charge in [0.25, 0.3) is 0 Å². The molecule has 100 valence electrons. The minimum absolute atomic E-state index is 0.249.